The molecule has 1 saturated heterocycles. The first kappa shape index (κ1) is 23.5. The normalized spacial score (nSPS) is 13.3. The molecule has 6 nitrogen and oxygen atoms in total. The number of rotatable bonds is 4. The minimum atomic E-state index is -0.252. The third kappa shape index (κ3) is 5.37. The molecule has 4 aromatic carbocycles. The van der Waals surface area contributed by atoms with Gasteiger partial charge in [-0.2, -0.15) is 0 Å². The van der Waals surface area contributed by atoms with Gasteiger partial charge in [0, 0.05) is 48.7 Å². The van der Waals surface area contributed by atoms with Crippen molar-refractivity contribution in [2.75, 3.05) is 36.4 Å². The number of carbonyl (C=O) groups excluding carboxylic acids is 2. The first-order chi connectivity index (χ1) is 17.6. The third-order valence-corrected chi connectivity index (χ3v) is 6.52. The quantitative estimate of drug-likeness (QED) is 0.394. The topological polar surface area (TPSA) is 64.7 Å². The van der Waals surface area contributed by atoms with Gasteiger partial charge in [0.25, 0.3) is 11.8 Å². The number of amides is 2. The molecule has 0 aromatic heterocycles. The van der Waals surface area contributed by atoms with Gasteiger partial charge >= 0.3 is 0 Å². The molecule has 7 heteroatoms. The Morgan fingerprint density at radius 3 is 2.08 bits per heavy atom. The molecule has 5 rings (SSSR count). The third-order valence-electron chi connectivity index (χ3n) is 6.32. The van der Waals surface area contributed by atoms with Gasteiger partial charge in [0.05, 0.1) is 0 Å². The Balaban J connectivity index is 1.13. The van der Waals surface area contributed by atoms with E-state index in [0.29, 0.717) is 18.7 Å². The molecule has 0 atom stereocenters. The first-order valence-electron chi connectivity index (χ1n) is 11.9. The lowest BCUT2D eigenvalue weighted by atomic mass is 10.1. The van der Waals surface area contributed by atoms with Crippen LogP contribution < -0.4 is 15.5 Å². The zero-order valence-electron chi connectivity index (χ0n) is 19.7. The van der Waals surface area contributed by atoms with E-state index in [1.807, 2.05) is 95.9 Å². The van der Waals surface area contributed by atoms with Crippen molar-refractivity contribution in [1.82, 2.24) is 10.2 Å². The van der Waals surface area contributed by atoms with Crippen LogP contribution in [-0.4, -0.2) is 48.0 Å². The maximum Gasteiger partial charge on any atom is 0.257 e. The molecular formula is C29H26N4O2S. The van der Waals surface area contributed by atoms with Gasteiger partial charge in [-0.3, -0.25) is 14.9 Å². The van der Waals surface area contributed by atoms with Crippen LogP contribution in [0.3, 0.4) is 0 Å². The van der Waals surface area contributed by atoms with Crippen molar-refractivity contribution in [1.29, 1.82) is 0 Å². The molecule has 2 amide bonds. The maximum absolute atomic E-state index is 12.7. The van der Waals surface area contributed by atoms with Crippen LogP contribution in [0.4, 0.5) is 11.4 Å². The molecular weight excluding hydrogens is 468 g/mol. The van der Waals surface area contributed by atoms with Gasteiger partial charge in [-0.1, -0.05) is 48.5 Å². The fraction of sp³-hybridized carbons (Fsp3) is 0.138. The molecule has 1 aliphatic rings. The number of benzene rings is 4. The minimum absolute atomic E-state index is 0.0778. The largest absolute Gasteiger partial charge is 0.368 e. The van der Waals surface area contributed by atoms with E-state index >= 15 is 0 Å². The summed E-state index contributed by atoms with van der Waals surface area (Å²) < 4.78 is 0. The zero-order valence-corrected chi connectivity index (χ0v) is 20.5. The summed E-state index contributed by atoms with van der Waals surface area (Å²) in [4.78, 5) is 29.5. The second-order valence-corrected chi connectivity index (χ2v) is 9.07. The summed E-state index contributed by atoms with van der Waals surface area (Å²) >= 11 is 5.35. The van der Waals surface area contributed by atoms with Crippen molar-refractivity contribution in [2.45, 2.75) is 0 Å². The molecule has 1 fully saturated rings. The SMILES string of the molecule is O=C(NC(=S)Nc1ccc(N2CCN(C(=O)c3ccccc3)CC2)cc1)c1ccc2ccccc2c1. The van der Waals surface area contributed by atoms with Gasteiger partial charge in [-0.25, -0.2) is 0 Å². The Morgan fingerprint density at radius 2 is 1.36 bits per heavy atom. The van der Waals surface area contributed by atoms with Gasteiger partial charge in [0.2, 0.25) is 0 Å². The average Bonchev–Trinajstić information content (AvgIpc) is 2.93. The molecule has 0 spiro atoms. The summed E-state index contributed by atoms with van der Waals surface area (Å²) in [5.41, 5.74) is 3.15. The van der Waals surface area contributed by atoms with Crippen molar-refractivity contribution in [2.24, 2.45) is 0 Å². The van der Waals surface area contributed by atoms with E-state index in [1.54, 1.807) is 6.07 Å². The lowest BCUT2D eigenvalue weighted by Crippen LogP contribution is -2.48. The van der Waals surface area contributed by atoms with Crippen molar-refractivity contribution in [3.8, 4) is 0 Å². The van der Waals surface area contributed by atoms with E-state index < -0.39 is 0 Å². The lowest BCUT2D eigenvalue weighted by molar-refractivity contribution is 0.0746. The van der Waals surface area contributed by atoms with Gasteiger partial charge in [0.15, 0.2) is 5.11 Å². The summed E-state index contributed by atoms with van der Waals surface area (Å²) in [5.74, 6) is -0.174. The van der Waals surface area contributed by atoms with Gasteiger partial charge in [-0.05, 0) is 71.5 Å². The number of hydrogen-bond acceptors (Lipinski definition) is 4. The second-order valence-electron chi connectivity index (χ2n) is 8.66. The summed E-state index contributed by atoms with van der Waals surface area (Å²) in [7, 11) is 0. The highest BCUT2D eigenvalue weighted by Crippen LogP contribution is 2.21. The fourth-order valence-electron chi connectivity index (χ4n) is 4.35. The smallest absolute Gasteiger partial charge is 0.257 e. The number of anilines is 2. The van der Waals surface area contributed by atoms with Crippen LogP contribution in [0, 0.1) is 0 Å². The van der Waals surface area contributed by atoms with Gasteiger partial charge in [0.1, 0.15) is 0 Å². The Hall–Kier alpha value is -4.23. The van der Waals surface area contributed by atoms with Crippen LogP contribution in [0.2, 0.25) is 0 Å². The maximum atomic E-state index is 12.7. The van der Waals surface area contributed by atoms with Crippen molar-refractivity contribution in [3.05, 3.63) is 108 Å². The zero-order chi connectivity index (χ0) is 24.9. The summed E-state index contributed by atoms with van der Waals surface area (Å²) in [6.45, 7) is 2.90. The number of hydrogen-bond donors (Lipinski definition) is 2. The Labute approximate surface area is 215 Å². The van der Waals surface area contributed by atoms with Crippen LogP contribution in [-0.2, 0) is 0 Å². The summed E-state index contributed by atoms with van der Waals surface area (Å²) in [5, 5.41) is 8.16. The van der Waals surface area contributed by atoms with E-state index in [2.05, 4.69) is 15.5 Å². The van der Waals surface area contributed by atoms with E-state index in [1.165, 1.54) is 0 Å². The van der Waals surface area contributed by atoms with Crippen molar-refractivity contribution in [3.63, 3.8) is 0 Å². The molecule has 180 valence electrons. The predicted octanol–water partition coefficient (Wildman–Crippen LogP) is 4.93. The van der Waals surface area contributed by atoms with E-state index in [4.69, 9.17) is 12.2 Å². The Kier molecular flexibility index (Phi) is 6.91. The van der Waals surface area contributed by atoms with Crippen LogP contribution >= 0.6 is 12.2 Å². The first-order valence-corrected chi connectivity index (χ1v) is 12.3. The number of nitrogens with one attached hydrogen (secondary N) is 2. The van der Waals surface area contributed by atoms with Crippen LogP contribution in [0.5, 0.6) is 0 Å². The highest BCUT2D eigenvalue weighted by molar-refractivity contribution is 7.80. The molecule has 0 bridgehead atoms. The molecule has 36 heavy (non-hydrogen) atoms. The van der Waals surface area contributed by atoms with Crippen LogP contribution in [0.15, 0.2) is 97.1 Å². The molecule has 4 aromatic rings. The highest BCUT2D eigenvalue weighted by Gasteiger charge is 2.22. The Morgan fingerprint density at radius 1 is 0.694 bits per heavy atom. The standard InChI is InChI=1S/C29H26N4O2S/c34-27(24-11-10-21-6-4-5-9-23(21)20-24)31-29(36)30-25-12-14-26(15-13-25)32-16-18-33(19-17-32)28(35)22-7-2-1-3-8-22/h1-15,20H,16-19H2,(H2,30,31,34,36). The predicted molar refractivity (Wildman–Crippen MR) is 149 cm³/mol. The number of thiocarbonyl (C=S) groups is 1. The lowest BCUT2D eigenvalue weighted by Gasteiger charge is -2.36. The van der Waals surface area contributed by atoms with Crippen molar-refractivity contribution >= 4 is 51.3 Å². The van der Waals surface area contributed by atoms with Crippen LogP contribution in [0.1, 0.15) is 20.7 Å². The molecule has 0 aliphatic carbocycles. The van der Waals surface area contributed by atoms with E-state index in [9.17, 15) is 9.59 Å². The monoisotopic (exact) mass is 494 g/mol. The molecule has 1 heterocycles. The highest BCUT2D eigenvalue weighted by atomic mass is 32.1. The summed E-state index contributed by atoms with van der Waals surface area (Å²) in [6, 6.07) is 30.8. The van der Waals surface area contributed by atoms with Gasteiger partial charge in [-0.15, -0.1) is 0 Å². The molecule has 0 radical (unpaired) electrons. The number of nitrogens with zero attached hydrogens (tertiary/aromatic N) is 2. The molecule has 1 aliphatic heterocycles. The second kappa shape index (κ2) is 10.6. The van der Waals surface area contributed by atoms with Crippen molar-refractivity contribution < 1.29 is 9.59 Å². The summed E-state index contributed by atoms with van der Waals surface area (Å²) in [6.07, 6.45) is 0. The molecule has 0 saturated carbocycles. The van der Waals surface area contributed by atoms with E-state index in [0.717, 1.165) is 40.8 Å². The minimum Gasteiger partial charge on any atom is -0.368 e. The average molecular weight is 495 g/mol. The number of carbonyl (C=O) groups is 2. The number of fused-ring (bicyclic) bond motifs is 1. The van der Waals surface area contributed by atoms with Gasteiger partial charge < -0.3 is 15.1 Å². The number of piperazine rings is 1. The van der Waals surface area contributed by atoms with E-state index in [-0.39, 0.29) is 16.9 Å². The Bertz CT molecular complexity index is 1400. The van der Waals surface area contributed by atoms with Crippen LogP contribution in [0.25, 0.3) is 10.8 Å². The molecule has 0 unspecified atom stereocenters. The fourth-order valence-corrected chi connectivity index (χ4v) is 4.57. The molecule has 2 N–H and O–H groups in total.